The number of nitrogens with zero attached hydrogens (tertiary/aromatic N) is 1. The average molecular weight is 531 g/mol. The van der Waals surface area contributed by atoms with Crippen molar-refractivity contribution in [1.29, 1.82) is 0 Å². The van der Waals surface area contributed by atoms with Crippen molar-refractivity contribution in [3.63, 3.8) is 0 Å². The Morgan fingerprint density at radius 2 is 1.39 bits per heavy atom. The first-order valence-corrected chi connectivity index (χ1v) is 16.3. The molecule has 0 radical (unpaired) electrons. The zero-order chi connectivity index (χ0) is 19.8. The molecule has 0 atom stereocenters. The molecular weight excluding hydrogens is 514 g/mol. The molecule has 0 aliphatic carbocycles. The number of rotatable bonds is 3. The van der Waals surface area contributed by atoms with Gasteiger partial charge in [0.05, 0.1) is 5.69 Å². The molecule has 0 saturated heterocycles. The van der Waals surface area contributed by atoms with Gasteiger partial charge in [0.2, 0.25) is 0 Å². The fourth-order valence-corrected chi connectivity index (χ4v) is 2.98. The van der Waals surface area contributed by atoms with Crippen LogP contribution in [0.5, 0.6) is 5.75 Å². The van der Waals surface area contributed by atoms with Gasteiger partial charge in [-0.15, -0.1) is 0 Å². The Hall–Kier alpha value is -1.72. The molecule has 0 aromatic heterocycles. The van der Waals surface area contributed by atoms with Crippen molar-refractivity contribution >= 4 is 49.0 Å². The van der Waals surface area contributed by atoms with Gasteiger partial charge in [0, 0.05) is 22.7 Å². The minimum atomic E-state index is 0.125. The molecule has 0 aliphatic heterocycles. The second-order valence-electron chi connectivity index (χ2n) is 5.94. The number of halogens is 2. The van der Waals surface area contributed by atoms with Crippen LogP contribution in [0.4, 0.5) is 5.69 Å². The van der Waals surface area contributed by atoms with Crippen molar-refractivity contribution in [1.82, 2.24) is 0 Å². The van der Waals surface area contributed by atoms with Crippen LogP contribution in [0, 0.1) is 0 Å². The quantitative estimate of drug-likeness (QED) is 0.214. The van der Waals surface area contributed by atoms with Gasteiger partial charge in [-0.3, -0.25) is 4.99 Å². The average Bonchev–Trinajstić information content (AvgIpc) is 2.74. The van der Waals surface area contributed by atoms with E-state index < -0.39 is 0 Å². The Kier molecular flexibility index (Phi) is 8.05. The number of phenols is 1. The number of para-hydroxylation sites is 1. The maximum atomic E-state index is 10.6. The van der Waals surface area contributed by atoms with E-state index in [2.05, 4.69) is 49.5 Å². The summed E-state index contributed by atoms with van der Waals surface area (Å²) in [4.78, 5) is 4.62. The van der Waals surface area contributed by atoms with Gasteiger partial charge in [0.15, 0.2) is 0 Å². The van der Waals surface area contributed by atoms with Crippen LogP contribution in [-0.2, 0) is 15.0 Å². The third-order valence-electron chi connectivity index (χ3n) is 4.26. The fourth-order valence-electron chi connectivity index (χ4n) is 2.98. The number of aliphatic imine (C=N–C) groups is 1. The molecule has 5 heteroatoms. The van der Waals surface area contributed by atoms with Gasteiger partial charge in [-0.2, -0.15) is 0 Å². The van der Waals surface area contributed by atoms with Crippen molar-refractivity contribution in [2.45, 2.75) is 0 Å². The molecule has 2 nitrogen and oxygen atoms in total. The Bertz CT molecular complexity index is 1080. The van der Waals surface area contributed by atoms with E-state index in [0.717, 1.165) is 27.6 Å². The zero-order valence-electron chi connectivity index (χ0n) is 14.9. The van der Waals surface area contributed by atoms with Gasteiger partial charge in [-0.1, -0.05) is 78.9 Å². The minimum absolute atomic E-state index is 0.125. The molecule has 0 fully saturated rings. The first-order chi connectivity index (χ1) is 13.7. The molecule has 4 aromatic rings. The van der Waals surface area contributed by atoms with Gasteiger partial charge < -0.3 is 5.11 Å². The van der Waals surface area contributed by atoms with Crippen LogP contribution in [0.15, 0.2) is 96.0 Å². The van der Waals surface area contributed by atoms with E-state index >= 15 is 0 Å². The Morgan fingerprint density at radius 1 is 0.750 bits per heavy atom. The van der Waals surface area contributed by atoms with E-state index in [9.17, 15) is 5.11 Å². The predicted octanol–water partition coefficient (Wildman–Crippen LogP) is 7.65. The SMILES string of the molecule is Oc1c(C=Nc2cccc3ccccc23)cccc1-c1ccccc1.[Br][Ti][Br]. The van der Waals surface area contributed by atoms with Crippen molar-refractivity contribution in [2.24, 2.45) is 4.99 Å². The van der Waals surface area contributed by atoms with Crippen molar-refractivity contribution < 1.29 is 20.1 Å². The van der Waals surface area contributed by atoms with E-state index in [1.165, 1.54) is 0 Å². The molecule has 4 aromatic carbocycles. The van der Waals surface area contributed by atoms with Crippen LogP contribution >= 0.6 is 26.3 Å². The fraction of sp³-hybridized carbons (Fsp3) is 0. The predicted molar refractivity (Wildman–Crippen MR) is 123 cm³/mol. The second kappa shape index (κ2) is 10.7. The Balaban J connectivity index is 0.000000706. The van der Waals surface area contributed by atoms with Crippen LogP contribution < -0.4 is 0 Å². The third kappa shape index (κ3) is 5.21. The zero-order valence-corrected chi connectivity index (χ0v) is 19.6. The molecule has 0 aliphatic rings. The van der Waals surface area contributed by atoms with Crippen LogP contribution in [0.3, 0.4) is 0 Å². The molecule has 138 valence electrons. The second-order valence-corrected chi connectivity index (χ2v) is 13.8. The monoisotopic (exact) mass is 529 g/mol. The number of benzene rings is 4. The molecule has 0 heterocycles. The first-order valence-electron chi connectivity index (χ1n) is 8.60. The summed E-state index contributed by atoms with van der Waals surface area (Å²) in [6.07, 6.45) is 1.73. The molecule has 0 unspecified atom stereocenters. The van der Waals surface area contributed by atoms with Gasteiger partial charge in [-0.25, -0.2) is 0 Å². The molecule has 0 saturated carbocycles. The standard InChI is InChI=1S/C23H17NO.2BrH.Ti/c25-23-19(12-6-14-21(23)18-8-2-1-3-9-18)16-24-22-15-7-11-17-10-4-5-13-20(17)22;;;/h1-16,25H;2*1H;/q;;;+2/p-2. The van der Waals surface area contributed by atoms with E-state index in [4.69, 9.17) is 0 Å². The number of hydrogen-bond acceptors (Lipinski definition) is 2. The van der Waals surface area contributed by atoms with Crippen LogP contribution in [0.2, 0.25) is 0 Å². The molecule has 4 rings (SSSR count). The summed E-state index contributed by atoms with van der Waals surface area (Å²) >= 11 is 6.50. The summed E-state index contributed by atoms with van der Waals surface area (Å²) in [6.45, 7) is 0. The summed E-state index contributed by atoms with van der Waals surface area (Å²) in [5, 5.41) is 12.9. The van der Waals surface area contributed by atoms with E-state index in [0.29, 0.717) is 5.56 Å². The normalized spacial score (nSPS) is 10.5. The summed E-state index contributed by atoms with van der Waals surface area (Å²) in [6, 6.07) is 29.8. The van der Waals surface area contributed by atoms with E-state index in [1.807, 2.05) is 72.8 Å². The summed E-state index contributed by atoms with van der Waals surface area (Å²) < 4.78 is 0. The summed E-state index contributed by atoms with van der Waals surface area (Å²) in [5.74, 6) is 0.248. The number of hydrogen-bond donors (Lipinski definition) is 1. The summed E-state index contributed by atoms with van der Waals surface area (Å²) in [5.41, 5.74) is 3.39. The van der Waals surface area contributed by atoms with Crippen molar-refractivity contribution in [3.8, 4) is 16.9 Å². The summed E-state index contributed by atoms with van der Waals surface area (Å²) in [7, 11) is 0. The molecule has 1 N–H and O–H groups in total. The Morgan fingerprint density at radius 3 is 2.18 bits per heavy atom. The molecule has 28 heavy (non-hydrogen) atoms. The van der Waals surface area contributed by atoms with Crippen LogP contribution in [0.1, 0.15) is 5.56 Å². The van der Waals surface area contributed by atoms with E-state index in [-0.39, 0.29) is 20.7 Å². The number of fused-ring (bicyclic) bond motifs is 1. The van der Waals surface area contributed by atoms with Crippen LogP contribution in [-0.4, -0.2) is 11.3 Å². The molecule has 0 spiro atoms. The van der Waals surface area contributed by atoms with Gasteiger partial charge in [0.1, 0.15) is 5.75 Å². The molecule has 0 bridgehead atoms. The molecule has 0 amide bonds. The van der Waals surface area contributed by atoms with Crippen molar-refractivity contribution in [2.75, 3.05) is 0 Å². The Labute approximate surface area is 186 Å². The molecular formula is C23H17Br2NOTi. The van der Waals surface area contributed by atoms with Gasteiger partial charge in [-0.05, 0) is 23.1 Å². The van der Waals surface area contributed by atoms with Gasteiger partial charge in [0.25, 0.3) is 0 Å². The van der Waals surface area contributed by atoms with E-state index in [1.54, 1.807) is 6.21 Å². The van der Waals surface area contributed by atoms with Crippen LogP contribution in [0.25, 0.3) is 21.9 Å². The first kappa shape index (κ1) is 21.0. The third-order valence-corrected chi connectivity index (χ3v) is 4.26. The number of phenolic OH excluding ortho intramolecular Hbond substituents is 1. The number of aromatic hydroxyl groups is 1. The maximum absolute atomic E-state index is 10.6. The van der Waals surface area contributed by atoms with Crippen molar-refractivity contribution in [3.05, 3.63) is 96.6 Å². The topological polar surface area (TPSA) is 32.6 Å². The van der Waals surface area contributed by atoms with Gasteiger partial charge >= 0.3 is 41.3 Å².